The van der Waals surface area contributed by atoms with Gasteiger partial charge in [-0.3, -0.25) is 9.89 Å². The Hall–Kier alpha value is -0.380. The van der Waals surface area contributed by atoms with E-state index in [1.807, 2.05) is 0 Å². The second kappa shape index (κ2) is 12.9. The average Bonchev–Trinajstić information content (AvgIpc) is 3.31. The van der Waals surface area contributed by atoms with Gasteiger partial charge >= 0.3 is 0 Å². The molecular weight excluding hydrogens is 459 g/mol. The minimum Gasteiger partial charge on any atom is -0.381 e. The van der Waals surface area contributed by atoms with Crippen molar-refractivity contribution in [3.8, 4) is 0 Å². The first-order valence-corrected chi connectivity index (χ1v) is 10.5. The van der Waals surface area contributed by atoms with E-state index in [0.29, 0.717) is 12.0 Å². The van der Waals surface area contributed by atoms with Gasteiger partial charge in [-0.2, -0.15) is 11.3 Å². The van der Waals surface area contributed by atoms with Gasteiger partial charge in [0.1, 0.15) is 0 Å². The van der Waals surface area contributed by atoms with E-state index in [2.05, 4.69) is 59.8 Å². The molecule has 0 spiro atoms. The Morgan fingerprint density at radius 3 is 2.69 bits per heavy atom. The molecule has 26 heavy (non-hydrogen) atoms. The monoisotopic (exact) mass is 494 g/mol. The van der Waals surface area contributed by atoms with Crippen molar-refractivity contribution in [1.82, 2.24) is 15.1 Å². The van der Waals surface area contributed by atoms with Crippen molar-refractivity contribution < 1.29 is 4.74 Å². The summed E-state index contributed by atoms with van der Waals surface area (Å²) in [6.45, 7) is 13.1. The number of nitrogens with zero attached hydrogens (tertiary/aromatic N) is 3. The predicted octanol–water partition coefficient (Wildman–Crippen LogP) is 3.68. The lowest BCUT2D eigenvalue weighted by atomic mass is 10.1. The van der Waals surface area contributed by atoms with Crippen LogP contribution in [0.5, 0.6) is 0 Å². The normalized spacial score (nSPS) is 18.7. The molecule has 0 aromatic carbocycles. The first-order chi connectivity index (χ1) is 12.2. The molecule has 1 aromatic heterocycles. The van der Waals surface area contributed by atoms with Gasteiger partial charge in [0.25, 0.3) is 0 Å². The molecule has 2 atom stereocenters. The van der Waals surface area contributed by atoms with Gasteiger partial charge in [-0.1, -0.05) is 13.8 Å². The maximum Gasteiger partial charge on any atom is 0.193 e. The Labute approximate surface area is 180 Å². The third-order valence-electron chi connectivity index (χ3n) is 4.85. The second-order valence-corrected chi connectivity index (χ2v) is 7.38. The maximum absolute atomic E-state index is 5.51. The van der Waals surface area contributed by atoms with Crippen molar-refractivity contribution in [3.05, 3.63) is 22.4 Å². The van der Waals surface area contributed by atoms with Crippen LogP contribution in [0.3, 0.4) is 0 Å². The van der Waals surface area contributed by atoms with E-state index in [4.69, 9.17) is 9.73 Å². The first kappa shape index (κ1) is 23.7. The van der Waals surface area contributed by atoms with Crippen LogP contribution in [0.25, 0.3) is 0 Å². The minimum absolute atomic E-state index is 0. The average molecular weight is 494 g/mol. The van der Waals surface area contributed by atoms with E-state index in [0.717, 1.165) is 58.3 Å². The van der Waals surface area contributed by atoms with Crippen LogP contribution in [-0.2, 0) is 4.74 Å². The molecule has 0 amide bonds. The molecule has 2 rings (SSSR count). The highest BCUT2D eigenvalue weighted by Gasteiger charge is 2.21. The molecule has 1 aliphatic heterocycles. The Kier molecular flexibility index (Phi) is 11.7. The van der Waals surface area contributed by atoms with Crippen molar-refractivity contribution in [1.29, 1.82) is 0 Å². The lowest BCUT2D eigenvalue weighted by molar-refractivity contribution is 0.181. The van der Waals surface area contributed by atoms with Gasteiger partial charge in [-0.15, -0.1) is 24.0 Å². The van der Waals surface area contributed by atoms with Gasteiger partial charge in [0.15, 0.2) is 5.96 Å². The van der Waals surface area contributed by atoms with Crippen LogP contribution in [0.4, 0.5) is 0 Å². The number of hydrogen-bond acceptors (Lipinski definition) is 4. The Balaban J connectivity index is 0.00000338. The fourth-order valence-corrected chi connectivity index (χ4v) is 4.11. The number of halogens is 1. The summed E-state index contributed by atoms with van der Waals surface area (Å²) >= 11 is 1.76. The zero-order valence-corrected chi connectivity index (χ0v) is 19.8. The van der Waals surface area contributed by atoms with E-state index in [-0.39, 0.29) is 24.0 Å². The van der Waals surface area contributed by atoms with Crippen molar-refractivity contribution >= 4 is 41.3 Å². The lowest BCUT2D eigenvalue weighted by Gasteiger charge is -2.29. The minimum atomic E-state index is 0. The summed E-state index contributed by atoms with van der Waals surface area (Å²) < 4.78 is 5.51. The highest BCUT2D eigenvalue weighted by atomic mass is 127. The molecule has 1 fully saturated rings. The Morgan fingerprint density at radius 2 is 2.15 bits per heavy atom. The van der Waals surface area contributed by atoms with E-state index < -0.39 is 0 Å². The molecule has 1 aromatic rings. The molecule has 1 N–H and O–H groups in total. The molecule has 150 valence electrons. The fraction of sp³-hybridized carbons (Fsp3) is 0.737. The summed E-state index contributed by atoms with van der Waals surface area (Å²) in [5.74, 6) is 1.62. The highest BCUT2D eigenvalue weighted by Crippen LogP contribution is 2.23. The number of thiophene rings is 1. The molecule has 2 unspecified atom stereocenters. The van der Waals surface area contributed by atoms with Gasteiger partial charge in [-0.05, 0) is 48.8 Å². The SMILES string of the molecule is CCNC(=NCC(c1ccsc1)N(CC)CC)N(C)CC1CCOC1.I. The van der Waals surface area contributed by atoms with Crippen molar-refractivity contribution in [3.63, 3.8) is 0 Å². The van der Waals surface area contributed by atoms with Crippen LogP contribution in [-0.4, -0.2) is 68.7 Å². The number of aliphatic imine (C=N–C) groups is 1. The van der Waals surface area contributed by atoms with Gasteiger partial charge in [0, 0.05) is 32.7 Å². The zero-order chi connectivity index (χ0) is 18.1. The Morgan fingerprint density at radius 1 is 1.38 bits per heavy atom. The number of ether oxygens (including phenoxy) is 1. The molecule has 0 aliphatic carbocycles. The van der Waals surface area contributed by atoms with Crippen molar-refractivity contribution in [2.75, 3.05) is 53.0 Å². The summed E-state index contributed by atoms with van der Waals surface area (Å²) in [7, 11) is 2.14. The van der Waals surface area contributed by atoms with Crippen LogP contribution in [0.2, 0.25) is 0 Å². The molecule has 5 nitrogen and oxygen atoms in total. The van der Waals surface area contributed by atoms with Crippen molar-refractivity contribution in [2.24, 2.45) is 10.9 Å². The molecule has 0 bridgehead atoms. The maximum atomic E-state index is 5.51. The highest BCUT2D eigenvalue weighted by molar-refractivity contribution is 14.0. The number of hydrogen-bond donors (Lipinski definition) is 1. The largest absolute Gasteiger partial charge is 0.381 e. The third-order valence-corrected chi connectivity index (χ3v) is 5.55. The third kappa shape index (κ3) is 6.98. The second-order valence-electron chi connectivity index (χ2n) is 6.60. The smallest absolute Gasteiger partial charge is 0.193 e. The van der Waals surface area contributed by atoms with Crippen LogP contribution in [0.1, 0.15) is 38.8 Å². The molecule has 2 heterocycles. The Bertz CT molecular complexity index is 502. The van der Waals surface area contributed by atoms with Crippen LogP contribution in [0.15, 0.2) is 21.8 Å². The molecule has 1 saturated heterocycles. The van der Waals surface area contributed by atoms with Gasteiger partial charge < -0.3 is 15.0 Å². The summed E-state index contributed by atoms with van der Waals surface area (Å²) in [6, 6.07) is 2.58. The van der Waals surface area contributed by atoms with E-state index in [1.54, 1.807) is 11.3 Å². The first-order valence-electron chi connectivity index (χ1n) is 9.52. The van der Waals surface area contributed by atoms with Crippen molar-refractivity contribution in [2.45, 2.75) is 33.2 Å². The topological polar surface area (TPSA) is 40.1 Å². The summed E-state index contributed by atoms with van der Waals surface area (Å²) in [4.78, 5) is 9.73. The number of nitrogens with one attached hydrogen (secondary N) is 1. The number of guanidine groups is 1. The zero-order valence-electron chi connectivity index (χ0n) is 16.6. The quantitative estimate of drug-likeness (QED) is 0.323. The summed E-state index contributed by atoms with van der Waals surface area (Å²) in [6.07, 6.45) is 1.15. The lowest BCUT2D eigenvalue weighted by Crippen LogP contribution is -2.42. The molecule has 1 aliphatic rings. The fourth-order valence-electron chi connectivity index (χ4n) is 3.40. The predicted molar refractivity (Wildman–Crippen MR) is 123 cm³/mol. The van der Waals surface area contributed by atoms with Gasteiger partial charge in [0.2, 0.25) is 0 Å². The van der Waals surface area contributed by atoms with E-state index >= 15 is 0 Å². The molecular formula is C19H35IN4OS. The van der Waals surface area contributed by atoms with Crippen LogP contribution >= 0.6 is 35.3 Å². The van der Waals surface area contributed by atoms with Gasteiger partial charge in [0.05, 0.1) is 19.2 Å². The van der Waals surface area contributed by atoms with Crippen LogP contribution < -0.4 is 5.32 Å². The van der Waals surface area contributed by atoms with Crippen LogP contribution in [0, 0.1) is 5.92 Å². The van der Waals surface area contributed by atoms with E-state index in [9.17, 15) is 0 Å². The summed E-state index contributed by atoms with van der Waals surface area (Å²) in [5, 5.41) is 7.87. The standard InChI is InChI=1S/C19H34N4OS.HI/c1-5-20-19(22(4)13-16-8-10-24-14-16)21-12-18(23(6-2)7-3)17-9-11-25-15-17;/h9,11,15-16,18H,5-8,10,12-14H2,1-4H3,(H,20,21);1H. The van der Waals surface area contributed by atoms with Gasteiger partial charge in [-0.25, -0.2) is 0 Å². The molecule has 0 radical (unpaired) electrons. The summed E-state index contributed by atoms with van der Waals surface area (Å²) in [5.41, 5.74) is 1.38. The van der Waals surface area contributed by atoms with E-state index in [1.165, 1.54) is 5.56 Å². The molecule has 0 saturated carbocycles. The number of likely N-dealkylation sites (N-methyl/N-ethyl adjacent to an activating group) is 1. The molecule has 7 heteroatoms. The number of rotatable bonds is 9.